The van der Waals surface area contributed by atoms with Crippen LogP contribution in [-0.2, 0) is 4.79 Å². The van der Waals surface area contributed by atoms with E-state index in [2.05, 4.69) is 0 Å². The average Bonchev–Trinajstić information content (AvgIpc) is 3.03. The predicted octanol–water partition coefficient (Wildman–Crippen LogP) is 1.94. The fraction of sp³-hybridized carbons (Fsp3) is 0.500. The molecule has 0 saturated carbocycles. The van der Waals surface area contributed by atoms with Crippen LogP contribution in [0.15, 0.2) is 24.3 Å². The van der Waals surface area contributed by atoms with Crippen molar-refractivity contribution in [3.63, 3.8) is 0 Å². The quantitative estimate of drug-likeness (QED) is 0.796. The van der Waals surface area contributed by atoms with E-state index in [0.717, 1.165) is 12.1 Å². The molecule has 22 heavy (non-hydrogen) atoms. The first-order valence-electron chi connectivity index (χ1n) is 7.42. The molecule has 1 aromatic rings. The van der Waals surface area contributed by atoms with Crippen LogP contribution in [0.2, 0.25) is 0 Å². The lowest BCUT2D eigenvalue weighted by molar-refractivity contribution is -0.117. The van der Waals surface area contributed by atoms with E-state index in [9.17, 15) is 14.0 Å². The third-order valence-corrected chi connectivity index (χ3v) is 4.55. The normalized spacial score (nSPS) is 24.4. The van der Waals surface area contributed by atoms with Crippen LogP contribution in [0, 0.1) is 11.2 Å². The molecular formula is C16H20FN3O2. The standard InChI is InChI=1S/C16H20FN3O2/c1-18(2)15(22)19-8-7-16(10-19)9-14(21)20(11-16)13-5-3-12(17)4-6-13/h3-6H,7-11H2,1-2H3/t16-/m0/s1. The summed E-state index contributed by atoms with van der Waals surface area (Å²) in [5.41, 5.74) is 0.553. The zero-order valence-corrected chi connectivity index (χ0v) is 12.9. The van der Waals surface area contributed by atoms with Gasteiger partial charge >= 0.3 is 6.03 Å². The van der Waals surface area contributed by atoms with Gasteiger partial charge in [0.1, 0.15) is 5.82 Å². The Bertz CT molecular complexity index is 602. The molecule has 5 nitrogen and oxygen atoms in total. The van der Waals surface area contributed by atoms with Gasteiger partial charge in [0, 0.05) is 51.3 Å². The Hall–Kier alpha value is -2.11. The van der Waals surface area contributed by atoms with E-state index in [1.807, 2.05) is 0 Å². The highest BCUT2D eigenvalue weighted by Gasteiger charge is 2.48. The number of urea groups is 1. The van der Waals surface area contributed by atoms with Gasteiger partial charge in [-0.15, -0.1) is 0 Å². The highest BCUT2D eigenvalue weighted by atomic mass is 19.1. The number of benzene rings is 1. The lowest BCUT2D eigenvalue weighted by Crippen LogP contribution is -2.39. The van der Waals surface area contributed by atoms with Crippen molar-refractivity contribution in [1.29, 1.82) is 0 Å². The van der Waals surface area contributed by atoms with E-state index < -0.39 is 0 Å². The first-order chi connectivity index (χ1) is 10.4. The summed E-state index contributed by atoms with van der Waals surface area (Å²) >= 11 is 0. The van der Waals surface area contributed by atoms with E-state index in [0.29, 0.717) is 26.1 Å². The molecule has 2 fully saturated rings. The van der Waals surface area contributed by atoms with Gasteiger partial charge in [0.25, 0.3) is 0 Å². The Labute approximate surface area is 129 Å². The topological polar surface area (TPSA) is 43.9 Å². The second-order valence-electron chi connectivity index (χ2n) is 6.48. The number of halogens is 1. The first kappa shape index (κ1) is 14.8. The highest BCUT2D eigenvalue weighted by molar-refractivity contribution is 5.96. The lowest BCUT2D eigenvalue weighted by Gasteiger charge is -2.25. The van der Waals surface area contributed by atoms with Crippen LogP contribution in [0.3, 0.4) is 0 Å². The van der Waals surface area contributed by atoms with Crippen molar-refractivity contribution in [3.8, 4) is 0 Å². The number of anilines is 1. The summed E-state index contributed by atoms with van der Waals surface area (Å²) in [6.45, 7) is 1.88. The van der Waals surface area contributed by atoms with Crippen LogP contribution in [0.1, 0.15) is 12.8 Å². The largest absolute Gasteiger partial charge is 0.331 e. The van der Waals surface area contributed by atoms with E-state index in [-0.39, 0.29) is 23.2 Å². The van der Waals surface area contributed by atoms with Crippen LogP contribution in [0.4, 0.5) is 14.9 Å². The summed E-state index contributed by atoms with van der Waals surface area (Å²) in [6.07, 6.45) is 1.28. The summed E-state index contributed by atoms with van der Waals surface area (Å²) in [6, 6.07) is 5.98. The molecule has 0 aliphatic carbocycles. The van der Waals surface area contributed by atoms with E-state index in [1.54, 1.807) is 40.9 Å². The fourth-order valence-electron chi connectivity index (χ4n) is 3.41. The summed E-state index contributed by atoms with van der Waals surface area (Å²) in [5, 5.41) is 0. The molecule has 1 atom stereocenters. The minimum absolute atomic E-state index is 0.00967. The molecule has 0 bridgehead atoms. The Morgan fingerprint density at radius 2 is 1.91 bits per heavy atom. The van der Waals surface area contributed by atoms with Gasteiger partial charge in [-0.1, -0.05) is 0 Å². The average molecular weight is 305 g/mol. The first-order valence-corrected chi connectivity index (χ1v) is 7.42. The van der Waals surface area contributed by atoms with Gasteiger partial charge in [-0.05, 0) is 30.7 Å². The number of carbonyl (C=O) groups excluding carboxylic acids is 2. The number of likely N-dealkylation sites (tertiary alicyclic amines) is 1. The summed E-state index contributed by atoms with van der Waals surface area (Å²) < 4.78 is 13.0. The van der Waals surface area contributed by atoms with Crippen LogP contribution >= 0.6 is 0 Å². The molecule has 2 aliphatic rings. The minimum atomic E-state index is -0.311. The van der Waals surface area contributed by atoms with Gasteiger partial charge in [0.15, 0.2) is 0 Å². The SMILES string of the molecule is CN(C)C(=O)N1CC[C@]2(CC(=O)N(c3ccc(F)cc3)C2)C1. The third-order valence-electron chi connectivity index (χ3n) is 4.55. The molecule has 3 amide bonds. The number of rotatable bonds is 1. The number of nitrogens with zero attached hydrogens (tertiary/aromatic N) is 3. The summed E-state index contributed by atoms with van der Waals surface area (Å²) in [4.78, 5) is 29.5. The van der Waals surface area contributed by atoms with Gasteiger partial charge in [-0.2, -0.15) is 0 Å². The van der Waals surface area contributed by atoms with Crippen molar-refractivity contribution in [1.82, 2.24) is 9.80 Å². The van der Waals surface area contributed by atoms with Crippen LogP contribution in [-0.4, -0.2) is 55.5 Å². The predicted molar refractivity (Wildman–Crippen MR) is 81.1 cm³/mol. The van der Waals surface area contributed by atoms with Crippen molar-refractivity contribution >= 4 is 17.6 Å². The Morgan fingerprint density at radius 3 is 2.55 bits per heavy atom. The van der Waals surface area contributed by atoms with Crippen LogP contribution < -0.4 is 4.90 Å². The smallest absolute Gasteiger partial charge is 0.319 e. The second kappa shape index (κ2) is 5.26. The Morgan fingerprint density at radius 1 is 1.23 bits per heavy atom. The number of amides is 3. The van der Waals surface area contributed by atoms with Crippen molar-refractivity contribution in [2.75, 3.05) is 38.6 Å². The zero-order chi connectivity index (χ0) is 15.9. The van der Waals surface area contributed by atoms with E-state index in [1.165, 1.54) is 12.1 Å². The molecule has 118 valence electrons. The van der Waals surface area contributed by atoms with Gasteiger partial charge in [0.05, 0.1) is 0 Å². The van der Waals surface area contributed by atoms with Gasteiger partial charge < -0.3 is 14.7 Å². The summed E-state index contributed by atoms with van der Waals surface area (Å²) in [5.74, 6) is -0.264. The maximum atomic E-state index is 13.0. The maximum Gasteiger partial charge on any atom is 0.319 e. The molecule has 0 N–H and O–H groups in total. The molecular weight excluding hydrogens is 285 g/mol. The molecule has 6 heteroatoms. The third kappa shape index (κ3) is 2.53. The van der Waals surface area contributed by atoms with Crippen molar-refractivity contribution in [2.45, 2.75) is 12.8 Å². The van der Waals surface area contributed by atoms with Crippen LogP contribution in [0.5, 0.6) is 0 Å². The van der Waals surface area contributed by atoms with Gasteiger partial charge in [-0.25, -0.2) is 9.18 Å². The van der Waals surface area contributed by atoms with E-state index >= 15 is 0 Å². The minimum Gasteiger partial charge on any atom is -0.331 e. The molecule has 2 heterocycles. The Balaban J connectivity index is 1.75. The fourth-order valence-corrected chi connectivity index (χ4v) is 3.41. The highest BCUT2D eigenvalue weighted by Crippen LogP contribution is 2.41. The lowest BCUT2D eigenvalue weighted by atomic mass is 9.86. The molecule has 2 aliphatic heterocycles. The van der Waals surface area contributed by atoms with Gasteiger partial charge in [0.2, 0.25) is 5.91 Å². The van der Waals surface area contributed by atoms with Crippen molar-refractivity contribution in [3.05, 3.63) is 30.1 Å². The zero-order valence-electron chi connectivity index (χ0n) is 12.9. The number of carbonyl (C=O) groups is 2. The molecule has 0 unspecified atom stereocenters. The second-order valence-corrected chi connectivity index (χ2v) is 6.48. The van der Waals surface area contributed by atoms with E-state index in [4.69, 9.17) is 0 Å². The maximum absolute atomic E-state index is 13.0. The van der Waals surface area contributed by atoms with Crippen LogP contribution in [0.25, 0.3) is 0 Å². The van der Waals surface area contributed by atoms with Crippen molar-refractivity contribution in [2.24, 2.45) is 5.41 Å². The number of hydrogen-bond donors (Lipinski definition) is 0. The summed E-state index contributed by atoms with van der Waals surface area (Å²) in [7, 11) is 3.47. The molecule has 1 aromatic carbocycles. The number of hydrogen-bond acceptors (Lipinski definition) is 2. The molecule has 1 spiro atoms. The molecule has 3 rings (SSSR count). The van der Waals surface area contributed by atoms with Crippen molar-refractivity contribution < 1.29 is 14.0 Å². The Kier molecular flexibility index (Phi) is 3.54. The van der Waals surface area contributed by atoms with Gasteiger partial charge in [-0.3, -0.25) is 4.79 Å². The molecule has 0 radical (unpaired) electrons. The molecule has 0 aromatic heterocycles. The molecule has 2 saturated heterocycles. The monoisotopic (exact) mass is 305 g/mol.